The van der Waals surface area contributed by atoms with Crippen molar-refractivity contribution in [1.29, 1.82) is 5.26 Å². The van der Waals surface area contributed by atoms with Crippen molar-refractivity contribution in [3.05, 3.63) is 51.7 Å². The van der Waals surface area contributed by atoms with Crippen molar-refractivity contribution < 1.29 is 23.1 Å². The van der Waals surface area contributed by atoms with Gasteiger partial charge in [0.25, 0.3) is 0 Å². The van der Waals surface area contributed by atoms with E-state index in [1.165, 1.54) is 29.5 Å². The highest BCUT2D eigenvalue weighted by Crippen LogP contribution is 2.23. The standard InChI is InChI=1S/C16H11F2NO3S/c1-9-5-6-13(23-9)15(21)12(8-19)14(20)10-3-2-4-11(7-10)22-16(17)18/h2-7,12,16H,1H3/t12-/m0/s1. The van der Waals surface area contributed by atoms with Gasteiger partial charge in [-0.1, -0.05) is 12.1 Å². The first kappa shape index (κ1) is 16.8. The van der Waals surface area contributed by atoms with Gasteiger partial charge in [0.1, 0.15) is 5.75 Å². The van der Waals surface area contributed by atoms with Crippen molar-refractivity contribution in [1.82, 2.24) is 0 Å². The zero-order valence-corrected chi connectivity index (χ0v) is 12.8. The molecule has 1 heterocycles. The zero-order chi connectivity index (χ0) is 17.0. The van der Waals surface area contributed by atoms with Gasteiger partial charge in [-0.3, -0.25) is 9.59 Å². The number of ketones is 2. The lowest BCUT2D eigenvalue weighted by molar-refractivity contribution is -0.0498. The highest BCUT2D eigenvalue weighted by molar-refractivity contribution is 7.14. The summed E-state index contributed by atoms with van der Waals surface area (Å²) in [5, 5.41) is 9.17. The van der Waals surface area contributed by atoms with E-state index in [-0.39, 0.29) is 11.3 Å². The molecule has 0 aliphatic rings. The fourth-order valence-corrected chi connectivity index (χ4v) is 2.78. The van der Waals surface area contributed by atoms with E-state index in [9.17, 15) is 23.6 Å². The molecule has 2 rings (SSSR count). The summed E-state index contributed by atoms with van der Waals surface area (Å²) in [6.07, 6.45) is 0. The normalized spacial score (nSPS) is 11.8. The Kier molecular flexibility index (Phi) is 5.19. The minimum absolute atomic E-state index is 0.0312. The number of nitrogens with zero attached hydrogens (tertiary/aromatic N) is 1. The first-order chi connectivity index (χ1) is 10.9. The molecule has 0 saturated carbocycles. The Bertz CT molecular complexity index is 780. The van der Waals surface area contributed by atoms with E-state index in [1.54, 1.807) is 25.1 Å². The van der Waals surface area contributed by atoms with Gasteiger partial charge in [0.15, 0.2) is 17.5 Å². The molecular weight excluding hydrogens is 324 g/mol. The Balaban J connectivity index is 2.27. The number of ether oxygens (including phenoxy) is 1. The van der Waals surface area contributed by atoms with Crippen LogP contribution in [0.1, 0.15) is 24.9 Å². The van der Waals surface area contributed by atoms with Crippen LogP contribution in [0.2, 0.25) is 0 Å². The third-order valence-electron chi connectivity index (χ3n) is 2.98. The highest BCUT2D eigenvalue weighted by Gasteiger charge is 2.29. The topological polar surface area (TPSA) is 67.2 Å². The van der Waals surface area contributed by atoms with E-state index in [0.717, 1.165) is 10.9 Å². The van der Waals surface area contributed by atoms with E-state index in [2.05, 4.69) is 4.74 Å². The van der Waals surface area contributed by atoms with Crippen molar-refractivity contribution in [3.63, 3.8) is 0 Å². The monoisotopic (exact) mass is 335 g/mol. The minimum Gasteiger partial charge on any atom is -0.435 e. The number of hydrogen-bond donors (Lipinski definition) is 0. The molecule has 0 fully saturated rings. The summed E-state index contributed by atoms with van der Waals surface area (Å²) in [4.78, 5) is 25.8. The first-order valence-corrected chi connectivity index (χ1v) is 7.33. The fraction of sp³-hybridized carbons (Fsp3) is 0.188. The molecule has 23 heavy (non-hydrogen) atoms. The Morgan fingerprint density at radius 3 is 2.52 bits per heavy atom. The number of halogens is 2. The lowest BCUT2D eigenvalue weighted by atomic mass is 9.94. The molecular formula is C16H11F2NO3S. The summed E-state index contributed by atoms with van der Waals surface area (Å²) < 4.78 is 28.7. The molecule has 4 nitrogen and oxygen atoms in total. The molecule has 2 aromatic rings. The van der Waals surface area contributed by atoms with Crippen LogP contribution in [0, 0.1) is 24.2 Å². The fourth-order valence-electron chi connectivity index (χ4n) is 1.94. The maximum atomic E-state index is 12.4. The minimum atomic E-state index is -3.03. The van der Waals surface area contributed by atoms with Crippen molar-refractivity contribution in [2.45, 2.75) is 13.5 Å². The van der Waals surface area contributed by atoms with Crippen LogP contribution in [0.4, 0.5) is 8.78 Å². The number of carbonyl (C=O) groups excluding carboxylic acids is 2. The van der Waals surface area contributed by atoms with Gasteiger partial charge in [0.2, 0.25) is 0 Å². The lowest BCUT2D eigenvalue weighted by Crippen LogP contribution is -2.22. The predicted molar refractivity (Wildman–Crippen MR) is 79.9 cm³/mol. The van der Waals surface area contributed by atoms with Crippen molar-refractivity contribution in [3.8, 4) is 11.8 Å². The second kappa shape index (κ2) is 7.11. The molecule has 0 amide bonds. The van der Waals surface area contributed by atoms with Gasteiger partial charge < -0.3 is 4.74 Å². The number of aryl methyl sites for hydroxylation is 1. The Morgan fingerprint density at radius 2 is 1.96 bits per heavy atom. The van der Waals surface area contributed by atoms with E-state index in [1.807, 2.05) is 0 Å². The molecule has 0 N–H and O–H groups in total. The van der Waals surface area contributed by atoms with Gasteiger partial charge in [-0.05, 0) is 31.2 Å². The number of benzene rings is 1. The maximum Gasteiger partial charge on any atom is 0.387 e. The second-order valence-corrected chi connectivity index (χ2v) is 5.90. The summed E-state index contributed by atoms with van der Waals surface area (Å²) in [6.45, 7) is -1.22. The molecule has 0 unspecified atom stereocenters. The van der Waals surface area contributed by atoms with Crippen LogP contribution in [0.25, 0.3) is 0 Å². The third kappa shape index (κ3) is 3.99. The van der Waals surface area contributed by atoms with Crippen molar-refractivity contribution >= 4 is 22.9 Å². The largest absolute Gasteiger partial charge is 0.435 e. The second-order valence-electron chi connectivity index (χ2n) is 4.61. The summed E-state index contributed by atoms with van der Waals surface area (Å²) in [6, 6.07) is 9.99. The molecule has 0 saturated heterocycles. The van der Waals surface area contributed by atoms with Crippen LogP contribution in [0.5, 0.6) is 5.75 Å². The molecule has 7 heteroatoms. The molecule has 0 aliphatic heterocycles. The number of thiophene rings is 1. The zero-order valence-electron chi connectivity index (χ0n) is 12.0. The number of Topliss-reactive ketones (excluding diaryl/α,β-unsaturated/α-hetero) is 2. The van der Waals surface area contributed by atoms with Crippen LogP contribution in [0.15, 0.2) is 36.4 Å². The molecule has 0 radical (unpaired) electrons. The average molecular weight is 335 g/mol. The van der Waals surface area contributed by atoms with Gasteiger partial charge in [-0.15, -0.1) is 11.3 Å². The van der Waals surface area contributed by atoms with Gasteiger partial charge in [0, 0.05) is 10.4 Å². The number of nitriles is 1. The maximum absolute atomic E-state index is 12.4. The highest BCUT2D eigenvalue weighted by atomic mass is 32.1. The molecule has 0 aliphatic carbocycles. The molecule has 118 valence electrons. The SMILES string of the molecule is Cc1ccc(C(=O)[C@@H](C#N)C(=O)c2cccc(OC(F)F)c2)s1. The van der Waals surface area contributed by atoms with E-state index in [0.29, 0.717) is 4.88 Å². The number of carbonyl (C=O) groups is 2. The Hall–Kier alpha value is -2.59. The first-order valence-electron chi connectivity index (χ1n) is 6.51. The summed E-state index contributed by atoms with van der Waals surface area (Å²) >= 11 is 1.19. The molecule has 1 aromatic carbocycles. The van der Waals surface area contributed by atoms with Crippen LogP contribution in [-0.2, 0) is 0 Å². The van der Waals surface area contributed by atoms with Gasteiger partial charge in [0.05, 0.1) is 10.9 Å². The van der Waals surface area contributed by atoms with Crippen LogP contribution in [0.3, 0.4) is 0 Å². The van der Waals surface area contributed by atoms with Gasteiger partial charge in [-0.2, -0.15) is 14.0 Å². The van der Waals surface area contributed by atoms with Crippen molar-refractivity contribution in [2.24, 2.45) is 5.92 Å². The quantitative estimate of drug-likeness (QED) is 0.594. The van der Waals surface area contributed by atoms with Crippen molar-refractivity contribution in [2.75, 3.05) is 0 Å². The van der Waals surface area contributed by atoms with E-state index in [4.69, 9.17) is 0 Å². The predicted octanol–water partition coefficient (Wildman–Crippen LogP) is 3.86. The summed E-state index contributed by atoms with van der Waals surface area (Å²) in [7, 11) is 0. The summed E-state index contributed by atoms with van der Waals surface area (Å²) in [5.41, 5.74) is -0.0312. The third-order valence-corrected chi connectivity index (χ3v) is 4.00. The molecule has 1 aromatic heterocycles. The van der Waals surface area contributed by atoms with E-state index >= 15 is 0 Å². The van der Waals surface area contributed by atoms with Gasteiger partial charge in [-0.25, -0.2) is 0 Å². The molecule has 1 atom stereocenters. The average Bonchev–Trinajstić information content (AvgIpc) is 2.94. The lowest BCUT2D eigenvalue weighted by Gasteiger charge is -2.08. The number of rotatable bonds is 6. The van der Waals surface area contributed by atoms with E-state index < -0.39 is 24.1 Å². The van der Waals surface area contributed by atoms with Crippen LogP contribution >= 0.6 is 11.3 Å². The Morgan fingerprint density at radius 1 is 1.22 bits per heavy atom. The van der Waals surface area contributed by atoms with Crippen LogP contribution < -0.4 is 4.74 Å². The molecule has 0 spiro atoms. The summed E-state index contributed by atoms with van der Waals surface area (Å²) in [5.74, 6) is -3.07. The van der Waals surface area contributed by atoms with Crippen LogP contribution in [-0.4, -0.2) is 18.2 Å². The van der Waals surface area contributed by atoms with Gasteiger partial charge >= 0.3 is 6.61 Å². The Labute approximate surface area is 134 Å². The smallest absolute Gasteiger partial charge is 0.387 e. The number of hydrogen-bond acceptors (Lipinski definition) is 5. The molecule has 0 bridgehead atoms. The number of alkyl halides is 2.